The molecule has 4 heteroatoms. The number of rotatable bonds is 3. The van der Waals surface area contributed by atoms with Gasteiger partial charge in [0.25, 0.3) is 0 Å². The molecular weight excluding hydrogens is 290 g/mol. The Balaban J connectivity index is 2.40. The predicted octanol–water partition coefficient (Wildman–Crippen LogP) is 3.58. The largest absolute Gasteiger partial charge is 0.424 e. The van der Waals surface area contributed by atoms with Crippen LogP contribution in [0, 0.1) is 0 Å². The molecule has 1 unspecified atom stereocenters. The average molecular weight is 309 g/mol. The van der Waals surface area contributed by atoms with Crippen LogP contribution in [0.3, 0.4) is 0 Å². The van der Waals surface area contributed by atoms with Crippen molar-refractivity contribution in [2.24, 2.45) is 0 Å². The molecule has 0 aliphatic heterocycles. The first kappa shape index (κ1) is 15.3. The van der Waals surface area contributed by atoms with Crippen molar-refractivity contribution in [3.63, 3.8) is 0 Å². The van der Waals surface area contributed by atoms with Gasteiger partial charge in [-0.25, -0.2) is 4.79 Å². The first-order chi connectivity index (χ1) is 11.0. The Morgan fingerprint density at radius 3 is 2.39 bits per heavy atom. The molecule has 0 bridgehead atoms. The van der Waals surface area contributed by atoms with Crippen LogP contribution in [-0.4, -0.2) is 19.2 Å². The van der Waals surface area contributed by atoms with Gasteiger partial charge in [-0.05, 0) is 30.7 Å². The average Bonchev–Trinajstić information content (AvgIpc) is 2.54. The summed E-state index contributed by atoms with van der Waals surface area (Å²) in [7, 11) is 3.94. The van der Waals surface area contributed by atoms with E-state index in [1.54, 1.807) is 19.1 Å². The van der Waals surface area contributed by atoms with E-state index < -0.39 is 11.7 Å². The van der Waals surface area contributed by atoms with E-state index in [1.807, 2.05) is 55.4 Å². The molecule has 1 heterocycles. The molecule has 0 amide bonds. The Hall–Kier alpha value is -2.59. The monoisotopic (exact) mass is 309 g/mol. The topological polar surface area (TPSA) is 53.7 Å². The lowest BCUT2D eigenvalue weighted by Gasteiger charge is -2.17. The van der Waals surface area contributed by atoms with Crippen LogP contribution in [0.4, 0.5) is 5.69 Å². The molecule has 0 aliphatic rings. The fourth-order valence-electron chi connectivity index (χ4n) is 2.75. The molecule has 1 N–H and O–H groups in total. The van der Waals surface area contributed by atoms with E-state index in [1.165, 1.54) is 0 Å². The lowest BCUT2D eigenvalue weighted by Crippen LogP contribution is -2.09. The zero-order valence-corrected chi connectivity index (χ0v) is 13.4. The van der Waals surface area contributed by atoms with Gasteiger partial charge in [-0.3, -0.25) is 0 Å². The molecule has 0 spiro atoms. The highest BCUT2D eigenvalue weighted by Gasteiger charge is 2.19. The van der Waals surface area contributed by atoms with Crippen molar-refractivity contribution in [1.82, 2.24) is 0 Å². The molecule has 0 saturated carbocycles. The van der Waals surface area contributed by atoms with Crippen LogP contribution in [0.15, 0.2) is 57.7 Å². The van der Waals surface area contributed by atoms with Gasteiger partial charge in [0, 0.05) is 30.7 Å². The minimum absolute atomic E-state index is 0.296. The second kappa shape index (κ2) is 5.89. The summed E-state index contributed by atoms with van der Waals surface area (Å²) in [5.41, 5.74) is 2.28. The van der Waals surface area contributed by atoms with Crippen molar-refractivity contribution in [2.75, 3.05) is 19.0 Å². The van der Waals surface area contributed by atoms with E-state index in [0.29, 0.717) is 11.1 Å². The molecule has 1 aromatic heterocycles. The first-order valence-electron chi connectivity index (χ1n) is 7.50. The minimum Gasteiger partial charge on any atom is -0.424 e. The number of hydrogen-bond acceptors (Lipinski definition) is 4. The lowest BCUT2D eigenvalue weighted by molar-refractivity contribution is 0.166. The summed E-state index contributed by atoms with van der Waals surface area (Å²) in [4.78, 5) is 14.2. The summed E-state index contributed by atoms with van der Waals surface area (Å²) < 4.78 is 5.42. The maximum Gasteiger partial charge on any atom is 0.343 e. The van der Waals surface area contributed by atoms with E-state index in [4.69, 9.17) is 4.42 Å². The van der Waals surface area contributed by atoms with Gasteiger partial charge in [-0.15, -0.1) is 0 Å². The highest BCUT2D eigenvalue weighted by molar-refractivity contribution is 5.97. The van der Waals surface area contributed by atoms with Crippen molar-refractivity contribution in [3.05, 3.63) is 64.7 Å². The number of anilines is 1. The third kappa shape index (κ3) is 2.73. The zero-order valence-electron chi connectivity index (χ0n) is 13.4. The summed E-state index contributed by atoms with van der Waals surface area (Å²) in [6, 6.07) is 15.3. The third-order valence-corrected chi connectivity index (χ3v) is 3.90. The fourth-order valence-corrected chi connectivity index (χ4v) is 2.75. The Morgan fingerprint density at radius 2 is 1.74 bits per heavy atom. The second-order valence-corrected chi connectivity index (χ2v) is 5.80. The SMILES string of the molecule is CC(O)c1oc(=O)c2ccccc2c1-c1cccc(N(C)C)c1. The molecule has 3 rings (SSSR count). The van der Waals surface area contributed by atoms with Crippen LogP contribution in [-0.2, 0) is 0 Å². The first-order valence-corrected chi connectivity index (χ1v) is 7.50. The highest BCUT2D eigenvalue weighted by atomic mass is 16.4. The van der Waals surface area contributed by atoms with Gasteiger partial charge in [-0.1, -0.05) is 30.3 Å². The molecule has 118 valence electrons. The molecule has 0 saturated heterocycles. The number of hydrogen-bond donors (Lipinski definition) is 1. The van der Waals surface area contributed by atoms with Gasteiger partial charge in [0.05, 0.1) is 5.39 Å². The number of benzene rings is 2. The van der Waals surface area contributed by atoms with Crippen LogP contribution >= 0.6 is 0 Å². The van der Waals surface area contributed by atoms with Gasteiger partial charge in [0.2, 0.25) is 0 Å². The van der Waals surface area contributed by atoms with Crippen molar-refractivity contribution in [2.45, 2.75) is 13.0 Å². The summed E-state index contributed by atoms with van der Waals surface area (Å²) in [5.74, 6) is 0.296. The van der Waals surface area contributed by atoms with Gasteiger partial charge < -0.3 is 14.4 Å². The van der Waals surface area contributed by atoms with Gasteiger partial charge in [0.15, 0.2) is 0 Å². The molecule has 2 aromatic carbocycles. The van der Waals surface area contributed by atoms with Crippen molar-refractivity contribution < 1.29 is 9.52 Å². The van der Waals surface area contributed by atoms with Gasteiger partial charge in [-0.2, -0.15) is 0 Å². The maximum atomic E-state index is 12.2. The van der Waals surface area contributed by atoms with Crippen LogP contribution < -0.4 is 10.5 Å². The van der Waals surface area contributed by atoms with Crippen molar-refractivity contribution in [1.29, 1.82) is 0 Å². The van der Waals surface area contributed by atoms with E-state index in [0.717, 1.165) is 22.2 Å². The number of aliphatic hydroxyl groups excluding tert-OH is 1. The normalized spacial score (nSPS) is 12.3. The van der Waals surface area contributed by atoms with Gasteiger partial charge in [0.1, 0.15) is 11.9 Å². The third-order valence-electron chi connectivity index (χ3n) is 3.90. The summed E-state index contributed by atoms with van der Waals surface area (Å²) in [6.45, 7) is 1.60. The van der Waals surface area contributed by atoms with Crippen LogP contribution in [0.2, 0.25) is 0 Å². The summed E-state index contributed by atoms with van der Waals surface area (Å²) >= 11 is 0. The van der Waals surface area contributed by atoms with Crippen LogP contribution in [0.25, 0.3) is 21.9 Å². The van der Waals surface area contributed by atoms with E-state index in [9.17, 15) is 9.90 Å². The standard InChI is InChI=1S/C19H19NO3/c1-12(21)18-17(13-7-6-8-14(11-13)20(2)3)15-9-4-5-10-16(15)19(22)23-18/h4-12,21H,1-3H3. The number of aliphatic hydroxyl groups is 1. The minimum atomic E-state index is -0.870. The van der Waals surface area contributed by atoms with Crippen molar-refractivity contribution >= 4 is 16.5 Å². The van der Waals surface area contributed by atoms with Crippen LogP contribution in [0.5, 0.6) is 0 Å². The quantitative estimate of drug-likeness (QED) is 0.803. The molecular formula is C19H19NO3. The Morgan fingerprint density at radius 1 is 1.04 bits per heavy atom. The molecule has 0 fully saturated rings. The number of fused-ring (bicyclic) bond motifs is 1. The lowest BCUT2D eigenvalue weighted by atomic mass is 9.96. The molecule has 4 nitrogen and oxygen atoms in total. The van der Waals surface area contributed by atoms with Crippen LogP contribution in [0.1, 0.15) is 18.8 Å². The van der Waals surface area contributed by atoms with Gasteiger partial charge >= 0.3 is 5.63 Å². The molecule has 23 heavy (non-hydrogen) atoms. The van der Waals surface area contributed by atoms with E-state index in [2.05, 4.69) is 0 Å². The Labute approximate surface area is 134 Å². The fraction of sp³-hybridized carbons (Fsp3) is 0.211. The predicted molar refractivity (Wildman–Crippen MR) is 92.9 cm³/mol. The molecule has 0 radical (unpaired) electrons. The summed E-state index contributed by atoms with van der Waals surface area (Å²) in [5, 5.41) is 11.4. The van der Waals surface area contributed by atoms with Crippen molar-refractivity contribution in [3.8, 4) is 11.1 Å². The zero-order chi connectivity index (χ0) is 16.6. The molecule has 3 aromatic rings. The second-order valence-electron chi connectivity index (χ2n) is 5.80. The van der Waals surface area contributed by atoms with E-state index in [-0.39, 0.29) is 0 Å². The maximum absolute atomic E-state index is 12.2. The Kier molecular flexibility index (Phi) is 3.92. The molecule has 1 atom stereocenters. The summed E-state index contributed by atoms with van der Waals surface area (Å²) in [6.07, 6.45) is -0.870. The Bertz CT molecular complexity index is 910. The van der Waals surface area contributed by atoms with E-state index >= 15 is 0 Å². The smallest absolute Gasteiger partial charge is 0.343 e. The number of nitrogens with zero attached hydrogens (tertiary/aromatic N) is 1. The molecule has 0 aliphatic carbocycles. The highest BCUT2D eigenvalue weighted by Crippen LogP contribution is 2.35.